The number of nitrogens with one attached hydrogen (secondary N) is 2. The van der Waals surface area contributed by atoms with Gasteiger partial charge in [0.2, 0.25) is 5.91 Å². The Balaban J connectivity index is 1.32. The molecule has 1 aliphatic rings. The number of aliphatic hydroxyl groups excluding tert-OH is 1. The first-order chi connectivity index (χ1) is 22.1. The summed E-state index contributed by atoms with van der Waals surface area (Å²) in [5.41, 5.74) is 6.24. The van der Waals surface area contributed by atoms with Crippen LogP contribution >= 0.6 is 46.6 Å². The van der Waals surface area contributed by atoms with Gasteiger partial charge in [0, 0.05) is 41.8 Å². The maximum Gasteiger partial charge on any atom is 0.272 e. The number of thioether (sulfide) groups is 1. The van der Waals surface area contributed by atoms with Crippen molar-refractivity contribution in [1.29, 1.82) is 0 Å². The van der Waals surface area contributed by atoms with Crippen molar-refractivity contribution >= 4 is 64.1 Å². The van der Waals surface area contributed by atoms with E-state index in [0.717, 1.165) is 44.0 Å². The second kappa shape index (κ2) is 15.7. The smallest absolute Gasteiger partial charge is 0.272 e. The highest BCUT2D eigenvalue weighted by molar-refractivity contribution is 7.99. The molecule has 0 bridgehead atoms. The second-order valence-corrected chi connectivity index (χ2v) is 14.2. The number of carbonyl (C=O) groups is 2. The number of benzene rings is 4. The Labute approximate surface area is 287 Å². The van der Waals surface area contributed by atoms with Gasteiger partial charge in [0.25, 0.3) is 9.70 Å². The lowest BCUT2D eigenvalue weighted by atomic mass is 9.98. The number of alkyl halides is 3. The van der Waals surface area contributed by atoms with Gasteiger partial charge in [0.15, 0.2) is 6.29 Å². The number of carbonyl (C=O) groups excluding carboxylic acids is 2. The highest BCUT2D eigenvalue weighted by Gasteiger charge is 2.33. The molecule has 4 aromatic rings. The minimum atomic E-state index is -2.04. The van der Waals surface area contributed by atoms with Crippen molar-refractivity contribution < 1.29 is 24.2 Å². The molecule has 0 radical (unpaired) electrons. The molecule has 0 unspecified atom stereocenters. The molecule has 5 rings (SSSR count). The number of rotatable bonds is 10. The van der Waals surface area contributed by atoms with Crippen LogP contribution in [0.25, 0.3) is 11.1 Å². The maximum atomic E-state index is 12.1. The first-order valence-corrected chi connectivity index (χ1v) is 16.8. The van der Waals surface area contributed by atoms with Crippen molar-refractivity contribution in [3.63, 3.8) is 0 Å². The Morgan fingerprint density at radius 3 is 2.22 bits per heavy atom. The highest BCUT2D eigenvalue weighted by atomic mass is 35.6. The van der Waals surface area contributed by atoms with Crippen LogP contribution in [0.1, 0.15) is 48.0 Å². The number of aliphatic hydroxyl groups is 1. The Morgan fingerprint density at radius 1 is 0.891 bits per heavy atom. The van der Waals surface area contributed by atoms with Gasteiger partial charge >= 0.3 is 0 Å². The zero-order valence-electron chi connectivity index (χ0n) is 24.9. The third-order valence-electron chi connectivity index (χ3n) is 7.43. The van der Waals surface area contributed by atoms with E-state index in [0.29, 0.717) is 12.2 Å². The van der Waals surface area contributed by atoms with Crippen LogP contribution in [0, 0.1) is 0 Å². The van der Waals surface area contributed by atoms with E-state index >= 15 is 0 Å². The van der Waals surface area contributed by atoms with Gasteiger partial charge in [-0.1, -0.05) is 108 Å². The van der Waals surface area contributed by atoms with E-state index < -0.39 is 16.0 Å². The number of hydrogen-bond acceptors (Lipinski definition) is 6. The average Bonchev–Trinajstić information content (AvgIpc) is 3.06. The SMILES string of the molecule is CC(=O)Nc1ccc(SC[C@H]2C[C@@H](c3ccc(CO)cc3)O[C@@H](c3ccc(-c4ccccc4CNC(=O)C(Cl)(Cl)Cl)cc3)O2)cc1. The Bertz CT molecular complexity index is 1630. The minimum Gasteiger partial charge on any atom is -0.392 e. The largest absolute Gasteiger partial charge is 0.392 e. The molecule has 11 heteroatoms. The third kappa shape index (κ3) is 9.26. The lowest BCUT2D eigenvalue weighted by molar-refractivity contribution is -0.245. The summed E-state index contributed by atoms with van der Waals surface area (Å²) in [6.07, 6.45) is -0.251. The maximum absolute atomic E-state index is 12.1. The molecular weight excluding hydrogens is 667 g/mol. The van der Waals surface area contributed by atoms with Crippen LogP contribution < -0.4 is 10.6 Å². The lowest BCUT2D eigenvalue weighted by Crippen LogP contribution is -2.34. The first kappa shape index (κ1) is 34.3. The van der Waals surface area contributed by atoms with Gasteiger partial charge in [-0.05, 0) is 52.1 Å². The molecule has 240 valence electrons. The van der Waals surface area contributed by atoms with Crippen LogP contribution in [0.5, 0.6) is 0 Å². The number of anilines is 1. The molecule has 0 saturated carbocycles. The van der Waals surface area contributed by atoms with Gasteiger partial charge in [0.1, 0.15) is 0 Å². The summed E-state index contributed by atoms with van der Waals surface area (Å²) >= 11 is 18.8. The van der Waals surface area contributed by atoms with Crippen molar-refractivity contribution in [3.05, 3.63) is 119 Å². The fraction of sp³-hybridized carbons (Fsp3) is 0.257. The third-order valence-corrected chi connectivity index (χ3v) is 9.09. The highest BCUT2D eigenvalue weighted by Crippen LogP contribution is 2.40. The molecule has 0 spiro atoms. The van der Waals surface area contributed by atoms with Gasteiger partial charge in [0.05, 0.1) is 18.8 Å². The van der Waals surface area contributed by atoms with Crippen molar-refractivity contribution in [1.82, 2.24) is 5.32 Å². The van der Waals surface area contributed by atoms with Crippen molar-refractivity contribution in [2.45, 2.75) is 53.7 Å². The Morgan fingerprint density at radius 2 is 1.57 bits per heavy atom. The Hall–Kier alpha value is -3.08. The molecule has 1 heterocycles. The predicted molar refractivity (Wildman–Crippen MR) is 184 cm³/mol. The molecule has 1 saturated heterocycles. The summed E-state index contributed by atoms with van der Waals surface area (Å²) in [6, 6.07) is 31.2. The van der Waals surface area contributed by atoms with Crippen LogP contribution in [-0.4, -0.2) is 32.6 Å². The minimum absolute atomic E-state index is 0.0215. The van der Waals surface area contributed by atoms with E-state index in [1.54, 1.807) is 11.8 Å². The fourth-order valence-corrected chi connectivity index (χ4v) is 6.22. The first-order valence-electron chi connectivity index (χ1n) is 14.6. The summed E-state index contributed by atoms with van der Waals surface area (Å²) in [4.78, 5) is 24.5. The van der Waals surface area contributed by atoms with E-state index in [-0.39, 0.29) is 31.3 Å². The van der Waals surface area contributed by atoms with Crippen molar-refractivity contribution in [2.24, 2.45) is 0 Å². The van der Waals surface area contributed by atoms with E-state index in [2.05, 4.69) is 10.6 Å². The van der Waals surface area contributed by atoms with Crippen LogP contribution in [0.3, 0.4) is 0 Å². The molecule has 3 N–H and O–H groups in total. The van der Waals surface area contributed by atoms with Crippen LogP contribution in [-0.2, 0) is 32.2 Å². The Kier molecular flexibility index (Phi) is 11.7. The molecule has 0 aliphatic carbocycles. The van der Waals surface area contributed by atoms with Gasteiger partial charge in [-0.15, -0.1) is 11.8 Å². The topological polar surface area (TPSA) is 96.9 Å². The summed E-state index contributed by atoms with van der Waals surface area (Å²) in [5, 5.41) is 15.0. The van der Waals surface area contributed by atoms with Crippen LogP contribution in [0.4, 0.5) is 5.69 Å². The normalized spacial score (nSPS) is 18.2. The zero-order chi connectivity index (χ0) is 32.7. The lowest BCUT2D eigenvalue weighted by Gasteiger charge is -2.36. The molecule has 2 amide bonds. The molecule has 3 atom stereocenters. The molecule has 0 aromatic heterocycles. The quantitative estimate of drug-likeness (QED) is 0.114. The molecule has 4 aromatic carbocycles. The summed E-state index contributed by atoms with van der Waals surface area (Å²) < 4.78 is 11.0. The molecule has 46 heavy (non-hydrogen) atoms. The van der Waals surface area contributed by atoms with Gasteiger partial charge in [-0.2, -0.15) is 0 Å². The predicted octanol–water partition coefficient (Wildman–Crippen LogP) is 8.13. The number of halogens is 3. The van der Waals surface area contributed by atoms with Gasteiger partial charge < -0.3 is 25.2 Å². The fourth-order valence-electron chi connectivity index (χ4n) is 5.10. The number of amides is 2. The average molecular weight is 700 g/mol. The standard InChI is InChI=1S/C35H33Cl3N2O5S/c1-22(42)40-28-14-16-30(17-15-28)46-21-29-18-32(25-8-6-23(20-41)7-9-25)45-33(44-29)26-12-10-24(11-13-26)31-5-3-2-4-27(31)19-39-34(43)35(36,37)38/h2-17,29,32-33,41H,18-21H2,1H3,(H,39,43)(H,40,42)/t29-,32+,33+/m1/s1. The van der Waals surface area contributed by atoms with Gasteiger partial charge in [-0.3, -0.25) is 9.59 Å². The van der Waals surface area contributed by atoms with Crippen molar-refractivity contribution in [3.8, 4) is 11.1 Å². The van der Waals surface area contributed by atoms with E-state index in [1.807, 2.05) is 97.1 Å². The molecule has 1 fully saturated rings. The van der Waals surface area contributed by atoms with E-state index in [9.17, 15) is 14.7 Å². The van der Waals surface area contributed by atoms with E-state index in [4.69, 9.17) is 44.3 Å². The van der Waals surface area contributed by atoms with Crippen molar-refractivity contribution in [2.75, 3.05) is 11.1 Å². The van der Waals surface area contributed by atoms with Gasteiger partial charge in [-0.25, -0.2) is 0 Å². The molecule has 7 nitrogen and oxygen atoms in total. The van der Waals surface area contributed by atoms with E-state index in [1.165, 1.54) is 6.92 Å². The summed E-state index contributed by atoms with van der Waals surface area (Å²) in [5.74, 6) is -0.0945. The van der Waals surface area contributed by atoms with Crippen LogP contribution in [0.15, 0.2) is 102 Å². The monoisotopic (exact) mass is 698 g/mol. The molecule has 1 aliphatic heterocycles. The second-order valence-electron chi connectivity index (χ2n) is 10.8. The summed E-state index contributed by atoms with van der Waals surface area (Å²) in [6.45, 7) is 1.66. The number of hydrogen-bond donors (Lipinski definition) is 3. The molecular formula is C35H33Cl3N2O5S. The van der Waals surface area contributed by atoms with Crippen LogP contribution in [0.2, 0.25) is 0 Å². The number of ether oxygens (including phenoxy) is 2. The zero-order valence-corrected chi connectivity index (χ0v) is 28.0. The summed E-state index contributed by atoms with van der Waals surface area (Å²) in [7, 11) is 0.